The van der Waals surface area contributed by atoms with Crippen molar-refractivity contribution >= 4 is 12.4 Å². The molecule has 0 aromatic heterocycles. The zero-order valence-corrected chi connectivity index (χ0v) is 13.2. The summed E-state index contributed by atoms with van der Waals surface area (Å²) in [5.41, 5.74) is 0.747. The lowest BCUT2D eigenvalue weighted by molar-refractivity contribution is -0.190. The number of nitrogens with zero attached hydrogens (tertiary/aromatic N) is 1. The fourth-order valence-corrected chi connectivity index (χ4v) is 3.00. The van der Waals surface area contributed by atoms with Crippen molar-refractivity contribution in [3.63, 3.8) is 0 Å². The lowest BCUT2D eigenvalue weighted by atomic mass is 9.90. The van der Waals surface area contributed by atoms with Crippen LogP contribution in [0.3, 0.4) is 0 Å². The molecule has 1 aliphatic rings. The molecule has 4 heteroatoms. The second-order valence-electron chi connectivity index (χ2n) is 6.00. The van der Waals surface area contributed by atoms with E-state index in [1.165, 1.54) is 5.56 Å². The number of rotatable bonds is 2. The van der Waals surface area contributed by atoms with E-state index in [1.54, 1.807) is 7.11 Å². The zero-order chi connectivity index (χ0) is 13.4. The van der Waals surface area contributed by atoms with Crippen molar-refractivity contribution in [1.82, 2.24) is 4.90 Å². The first kappa shape index (κ1) is 16.3. The van der Waals surface area contributed by atoms with Crippen molar-refractivity contribution < 1.29 is 9.47 Å². The average molecular weight is 286 g/mol. The maximum Gasteiger partial charge on any atom is 0.119 e. The van der Waals surface area contributed by atoms with Crippen LogP contribution in [0.4, 0.5) is 0 Å². The minimum absolute atomic E-state index is 0. The van der Waals surface area contributed by atoms with E-state index in [4.69, 9.17) is 9.47 Å². The Labute approximate surface area is 122 Å². The van der Waals surface area contributed by atoms with Gasteiger partial charge >= 0.3 is 0 Å². The van der Waals surface area contributed by atoms with Crippen LogP contribution in [0.5, 0.6) is 5.75 Å². The number of halogens is 1. The highest BCUT2D eigenvalue weighted by molar-refractivity contribution is 5.85. The van der Waals surface area contributed by atoms with E-state index in [0.29, 0.717) is 0 Å². The van der Waals surface area contributed by atoms with Crippen LogP contribution in [0, 0.1) is 0 Å². The van der Waals surface area contributed by atoms with Crippen molar-refractivity contribution in [2.75, 3.05) is 27.2 Å². The smallest absolute Gasteiger partial charge is 0.119 e. The molecule has 1 aliphatic heterocycles. The van der Waals surface area contributed by atoms with E-state index in [1.807, 2.05) is 12.1 Å². The summed E-state index contributed by atoms with van der Waals surface area (Å²) in [4.78, 5) is 2.32. The molecule has 19 heavy (non-hydrogen) atoms. The molecule has 1 saturated heterocycles. The second kappa shape index (κ2) is 5.70. The van der Waals surface area contributed by atoms with Crippen molar-refractivity contribution in [3.05, 3.63) is 29.8 Å². The Morgan fingerprint density at radius 1 is 1.21 bits per heavy atom. The van der Waals surface area contributed by atoms with Crippen LogP contribution >= 0.6 is 12.4 Å². The number of morpholine rings is 1. The van der Waals surface area contributed by atoms with Gasteiger partial charge in [-0.1, -0.05) is 12.1 Å². The van der Waals surface area contributed by atoms with Gasteiger partial charge in [-0.25, -0.2) is 0 Å². The van der Waals surface area contributed by atoms with Crippen LogP contribution in [0.25, 0.3) is 0 Å². The molecule has 0 amide bonds. The molecule has 1 fully saturated rings. The van der Waals surface area contributed by atoms with Gasteiger partial charge < -0.3 is 14.4 Å². The summed E-state index contributed by atoms with van der Waals surface area (Å²) >= 11 is 0. The first-order chi connectivity index (χ1) is 8.35. The molecule has 3 nitrogen and oxygen atoms in total. The molecule has 0 bridgehead atoms. The van der Waals surface area contributed by atoms with Gasteiger partial charge in [-0.05, 0) is 45.5 Å². The minimum atomic E-state index is -0.287. The molecule has 0 saturated carbocycles. The fraction of sp³-hybridized carbons (Fsp3) is 0.600. The molecule has 1 heterocycles. The van der Waals surface area contributed by atoms with Crippen LogP contribution in [0.15, 0.2) is 24.3 Å². The molecule has 1 aromatic rings. The Hall–Kier alpha value is -0.770. The van der Waals surface area contributed by atoms with E-state index in [-0.39, 0.29) is 23.6 Å². The van der Waals surface area contributed by atoms with Crippen molar-refractivity contribution in [2.24, 2.45) is 0 Å². The maximum atomic E-state index is 6.32. The predicted molar refractivity (Wildman–Crippen MR) is 80.3 cm³/mol. The Balaban J connectivity index is 0.00000180. The third-order valence-electron chi connectivity index (χ3n) is 3.40. The van der Waals surface area contributed by atoms with Crippen LogP contribution < -0.4 is 4.74 Å². The molecular formula is C15H24ClNO2. The Kier molecular flexibility index (Phi) is 4.88. The maximum absolute atomic E-state index is 6.32. The van der Waals surface area contributed by atoms with Crippen molar-refractivity contribution in [2.45, 2.75) is 32.0 Å². The third kappa shape index (κ3) is 3.62. The molecule has 1 unspecified atom stereocenters. The summed E-state index contributed by atoms with van der Waals surface area (Å²) in [5.74, 6) is 0.878. The Morgan fingerprint density at radius 2 is 1.89 bits per heavy atom. The van der Waals surface area contributed by atoms with Gasteiger partial charge in [0.25, 0.3) is 0 Å². The third-order valence-corrected chi connectivity index (χ3v) is 3.40. The van der Waals surface area contributed by atoms with Crippen LogP contribution in [0.1, 0.15) is 26.3 Å². The molecular weight excluding hydrogens is 262 g/mol. The topological polar surface area (TPSA) is 21.7 Å². The molecule has 0 aliphatic carbocycles. The largest absolute Gasteiger partial charge is 0.497 e. The lowest BCUT2D eigenvalue weighted by Crippen LogP contribution is -2.55. The highest BCUT2D eigenvalue weighted by atomic mass is 35.5. The second-order valence-corrected chi connectivity index (χ2v) is 6.00. The van der Waals surface area contributed by atoms with Gasteiger partial charge in [-0.2, -0.15) is 0 Å². The summed E-state index contributed by atoms with van der Waals surface area (Å²) in [5, 5.41) is 0. The minimum Gasteiger partial charge on any atom is -0.497 e. The van der Waals surface area contributed by atoms with Gasteiger partial charge in [0.1, 0.15) is 11.4 Å². The molecule has 2 rings (SSSR count). The summed E-state index contributed by atoms with van der Waals surface area (Å²) < 4.78 is 11.6. The molecule has 0 spiro atoms. The van der Waals surface area contributed by atoms with E-state index in [0.717, 1.165) is 18.8 Å². The number of hydrogen-bond acceptors (Lipinski definition) is 3. The molecule has 0 radical (unpaired) electrons. The van der Waals surface area contributed by atoms with Gasteiger partial charge in [0.15, 0.2) is 0 Å². The standard InChI is InChI=1S/C15H23NO2.ClH/c1-14(2)10-16(4)11-15(3,18-14)12-7-6-8-13(9-12)17-5;/h6-9H,10-11H2,1-5H3;1H. The number of hydrogen-bond donors (Lipinski definition) is 0. The van der Waals surface area contributed by atoms with Gasteiger partial charge in [0, 0.05) is 13.1 Å². The normalized spacial score (nSPS) is 26.6. The summed E-state index contributed by atoms with van der Waals surface area (Å²) in [6.07, 6.45) is 0. The van der Waals surface area contributed by atoms with Gasteiger partial charge in [0.05, 0.1) is 12.7 Å². The lowest BCUT2D eigenvalue weighted by Gasteiger charge is -2.47. The van der Waals surface area contributed by atoms with Crippen LogP contribution in [0.2, 0.25) is 0 Å². The van der Waals surface area contributed by atoms with Gasteiger partial charge in [-0.3, -0.25) is 0 Å². The number of benzene rings is 1. The monoisotopic (exact) mass is 285 g/mol. The molecule has 0 N–H and O–H groups in total. The van der Waals surface area contributed by atoms with E-state index >= 15 is 0 Å². The van der Waals surface area contributed by atoms with Crippen molar-refractivity contribution in [1.29, 1.82) is 0 Å². The molecule has 1 aromatic carbocycles. The highest BCUT2D eigenvalue weighted by Crippen LogP contribution is 2.36. The van der Waals surface area contributed by atoms with Gasteiger partial charge in [-0.15, -0.1) is 12.4 Å². The fourth-order valence-electron chi connectivity index (χ4n) is 3.00. The number of ether oxygens (including phenoxy) is 2. The molecule has 1 atom stereocenters. The summed E-state index contributed by atoms with van der Waals surface area (Å²) in [7, 11) is 3.84. The average Bonchev–Trinajstić information content (AvgIpc) is 2.26. The first-order valence-electron chi connectivity index (χ1n) is 6.38. The highest BCUT2D eigenvalue weighted by Gasteiger charge is 2.41. The van der Waals surface area contributed by atoms with Crippen LogP contribution in [-0.2, 0) is 10.3 Å². The zero-order valence-electron chi connectivity index (χ0n) is 12.4. The van der Waals surface area contributed by atoms with E-state index in [2.05, 4.69) is 44.9 Å². The van der Waals surface area contributed by atoms with Crippen molar-refractivity contribution in [3.8, 4) is 5.75 Å². The van der Waals surface area contributed by atoms with E-state index in [9.17, 15) is 0 Å². The van der Waals surface area contributed by atoms with Gasteiger partial charge in [0.2, 0.25) is 0 Å². The van der Waals surface area contributed by atoms with Crippen LogP contribution in [-0.4, -0.2) is 37.7 Å². The predicted octanol–water partition coefficient (Wildman–Crippen LogP) is 3.07. The number of methoxy groups -OCH3 is 1. The summed E-state index contributed by atoms with van der Waals surface area (Å²) in [6.45, 7) is 8.28. The molecule has 108 valence electrons. The quantitative estimate of drug-likeness (QED) is 0.834. The Morgan fingerprint density at radius 3 is 2.47 bits per heavy atom. The van der Waals surface area contributed by atoms with E-state index < -0.39 is 0 Å². The number of likely N-dealkylation sites (N-methyl/N-ethyl adjacent to an activating group) is 1. The first-order valence-corrected chi connectivity index (χ1v) is 6.38. The SMILES string of the molecule is COc1cccc(C2(C)CN(C)CC(C)(C)O2)c1.Cl. The summed E-state index contributed by atoms with van der Waals surface area (Å²) in [6, 6.07) is 8.15. The Bertz CT molecular complexity index is 436.